The van der Waals surface area contributed by atoms with Gasteiger partial charge >= 0.3 is 0 Å². The maximum Gasteiger partial charge on any atom is 0.215 e. The molecule has 0 spiro atoms. The van der Waals surface area contributed by atoms with Crippen LogP contribution in [0.4, 0.5) is 0 Å². The third-order valence-electron chi connectivity index (χ3n) is 4.64. The van der Waals surface area contributed by atoms with E-state index >= 15 is 0 Å². The molecule has 7 heteroatoms. The van der Waals surface area contributed by atoms with Crippen molar-refractivity contribution in [3.05, 3.63) is 87.9 Å². The Morgan fingerprint density at radius 2 is 1.89 bits per heavy atom. The van der Waals surface area contributed by atoms with Crippen LogP contribution in [-0.2, 0) is 33.1 Å². The van der Waals surface area contributed by atoms with E-state index < -0.39 is 5.79 Å². The van der Waals surface area contributed by atoms with Gasteiger partial charge in [0.25, 0.3) is 0 Å². The van der Waals surface area contributed by atoms with E-state index in [-0.39, 0.29) is 6.10 Å². The van der Waals surface area contributed by atoms with Gasteiger partial charge in [0.1, 0.15) is 6.10 Å². The molecule has 0 radical (unpaired) electrons. The molecule has 1 fully saturated rings. The monoisotopic (exact) mass is 462 g/mol. The van der Waals surface area contributed by atoms with Gasteiger partial charge in [0.2, 0.25) is 5.79 Å². The Labute approximate surface area is 177 Å². The van der Waals surface area contributed by atoms with Crippen molar-refractivity contribution in [3.63, 3.8) is 0 Å². The Hall–Kier alpha value is -1.70. The molecule has 146 valence electrons. The van der Waals surface area contributed by atoms with Crippen LogP contribution in [0.1, 0.15) is 11.1 Å². The van der Waals surface area contributed by atoms with E-state index in [1.807, 2.05) is 59.3 Å². The molecule has 0 N–H and O–H groups in total. The van der Waals surface area contributed by atoms with Gasteiger partial charge in [-0.2, -0.15) is 0 Å². The van der Waals surface area contributed by atoms with Gasteiger partial charge in [-0.3, -0.25) is 0 Å². The number of hydrogen-bond donors (Lipinski definition) is 0. The maximum absolute atomic E-state index is 6.46. The van der Waals surface area contributed by atoms with E-state index in [1.54, 1.807) is 12.5 Å². The SMILES string of the molecule is Clc1ccccc1[C@]1(Cn2ccnc2)OC[C@@H](OCc2ccc(Br)cc2)CO1. The van der Waals surface area contributed by atoms with Crippen LogP contribution in [0.3, 0.4) is 0 Å². The quantitative estimate of drug-likeness (QED) is 0.527. The molecule has 1 aliphatic heterocycles. The van der Waals surface area contributed by atoms with Gasteiger partial charge in [0, 0.05) is 27.5 Å². The normalized spacial score (nSPS) is 22.3. The molecule has 0 saturated carbocycles. The summed E-state index contributed by atoms with van der Waals surface area (Å²) in [6.07, 6.45) is 5.19. The summed E-state index contributed by atoms with van der Waals surface area (Å²) in [5.41, 5.74) is 1.90. The Balaban J connectivity index is 1.46. The summed E-state index contributed by atoms with van der Waals surface area (Å²) in [4.78, 5) is 4.11. The second-order valence-electron chi connectivity index (χ2n) is 6.65. The van der Waals surface area contributed by atoms with Crippen LogP contribution < -0.4 is 0 Å². The van der Waals surface area contributed by atoms with E-state index in [4.69, 9.17) is 25.8 Å². The first kappa shape index (κ1) is 19.6. The highest BCUT2D eigenvalue weighted by Crippen LogP contribution is 2.37. The standard InChI is InChI=1S/C21H20BrClN2O3/c22-17-7-5-16(6-8-17)11-26-18-12-27-21(28-13-18,14-25-10-9-24-15-25)19-3-1-2-4-20(19)23/h1-10,15,18H,11-14H2/t18-,21-. The van der Waals surface area contributed by atoms with E-state index in [2.05, 4.69) is 20.9 Å². The summed E-state index contributed by atoms with van der Waals surface area (Å²) in [6.45, 7) is 1.79. The summed E-state index contributed by atoms with van der Waals surface area (Å²) >= 11 is 9.90. The predicted molar refractivity (Wildman–Crippen MR) is 110 cm³/mol. The van der Waals surface area contributed by atoms with Crippen molar-refractivity contribution < 1.29 is 14.2 Å². The smallest absolute Gasteiger partial charge is 0.215 e. The maximum atomic E-state index is 6.46. The Bertz CT molecular complexity index is 894. The molecular weight excluding hydrogens is 444 g/mol. The lowest BCUT2D eigenvalue weighted by Gasteiger charge is -2.40. The van der Waals surface area contributed by atoms with Crippen molar-refractivity contribution in [3.8, 4) is 0 Å². The largest absolute Gasteiger partial charge is 0.369 e. The first-order valence-electron chi connectivity index (χ1n) is 8.99. The minimum Gasteiger partial charge on any atom is -0.369 e. The molecule has 0 aliphatic carbocycles. The van der Waals surface area contributed by atoms with Gasteiger partial charge in [-0.05, 0) is 23.8 Å². The summed E-state index contributed by atoms with van der Waals surface area (Å²) < 4.78 is 21.4. The minimum absolute atomic E-state index is 0.151. The van der Waals surface area contributed by atoms with Crippen LogP contribution >= 0.6 is 27.5 Å². The Morgan fingerprint density at radius 3 is 2.57 bits per heavy atom. The van der Waals surface area contributed by atoms with Crippen LogP contribution in [0, 0.1) is 0 Å². The van der Waals surface area contributed by atoms with E-state index in [0.29, 0.717) is 31.4 Å². The molecular formula is C21H20BrClN2O3. The molecule has 0 bridgehead atoms. The Kier molecular flexibility index (Phi) is 6.13. The summed E-state index contributed by atoms with van der Waals surface area (Å²) in [7, 11) is 0. The lowest BCUT2D eigenvalue weighted by atomic mass is 10.0. The molecule has 1 aromatic heterocycles. The second-order valence-corrected chi connectivity index (χ2v) is 7.97. The highest BCUT2D eigenvalue weighted by molar-refractivity contribution is 9.10. The molecule has 0 unspecified atom stereocenters. The number of ether oxygens (including phenoxy) is 3. The number of aromatic nitrogens is 2. The third kappa shape index (κ3) is 4.47. The van der Waals surface area contributed by atoms with Crippen molar-refractivity contribution in [2.75, 3.05) is 13.2 Å². The zero-order chi connectivity index (χ0) is 19.4. The van der Waals surface area contributed by atoms with Gasteiger partial charge in [-0.1, -0.05) is 57.9 Å². The topological polar surface area (TPSA) is 45.5 Å². The molecule has 5 nitrogen and oxygen atoms in total. The van der Waals surface area contributed by atoms with Gasteiger partial charge < -0.3 is 18.8 Å². The number of halogens is 2. The molecule has 0 amide bonds. The summed E-state index contributed by atoms with van der Waals surface area (Å²) in [5, 5.41) is 0.608. The number of nitrogens with zero attached hydrogens (tertiary/aromatic N) is 2. The van der Waals surface area contributed by atoms with Crippen LogP contribution in [-0.4, -0.2) is 28.9 Å². The second kappa shape index (κ2) is 8.76. The van der Waals surface area contributed by atoms with Crippen molar-refractivity contribution in [2.24, 2.45) is 0 Å². The Morgan fingerprint density at radius 1 is 1.14 bits per heavy atom. The lowest BCUT2D eigenvalue weighted by molar-refractivity contribution is -0.313. The average molecular weight is 464 g/mol. The van der Waals surface area contributed by atoms with Gasteiger partial charge in [0.15, 0.2) is 0 Å². The van der Waals surface area contributed by atoms with Crippen LogP contribution in [0.5, 0.6) is 0 Å². The van der Waals surface area contributed by atoms with E-state index in [0.717, 1.165) is 15.6 Å². The van der Waals surface area contributed by atoms with Gasteiger partial charge in [-0.25, -0.2) is 4.98 Å². The molecule has 2 heterocycles. The molecule has 4 rings (SSSR count). The minimum atomic E-state index is -0.976. The third-order valence-corrected chi connectivity index (χ3v) is 5.50. The number of benzene rings is 2. The fourth-order valence-corrected chi connectivity index (χ4v) is 3.70. The van der Waals surface area contributed by atoms with E-state index in [9.17, 15) is 0 Å². The van der Waals surface area contributed by atoms with Crippen molar-refractivity contribution in [2.45, 2.75) is 25.0 Å². The predicted octanol–water partition coefficient (Wildman–Crippen LogP) is 4.78. The van der Waals surface area contributed by atoms with Gasteiger partial charge in [-0.15, -0.1) is 0 Å². The fourth-order valence-electron chi connectivity index (χ4n) is 3.16. The number of imidazole rings is 1. The first-order valence-corrected chi connectivity index (χ1v) is 10.2. The van der Waals surface area contributed by atoms with Crippen molar-refractivity contribution in [1.82, 2.24) is 9.55 Å². The molecule has 0 atom stereocenters. The first-order chi connectivity index (χ1) is 13.6. The molecule has 1 aliphatic rings. The highest BCUT2D eigenvalue weighted by Gasteiger charge is 2.41. The molecule has 1 saturated heterocycles. The highest BCUT2D eigenvalue weighted by atomic mass is 79.9. The number of rotatable bonds is 6. The van der Waals surface area contributed by atoms with Crippen molar-refractivity contribution >= 4 is 27.5 Å². The zero-order valence-corrected chi connectivity index (χ0v) is 17.5. The average Bonchev–Trinajstić information content (AvgIpc) is 3.22. The van der Waals surface area contributed by atoms with Crippen LogP contribution in [0.2, 0.25) is 5.02 Å². The molecule has 2 aromatic carbocycles. The summed E-state index contributed by atoms with van der Waals surface area (Å²) in [5.74, 6) is -0.976. The van der Waals surface area contributed by atoms with Crippen LogP contribution in [0.15, 0.2) is 71.7 Å². The summed E-state index contributed by atoms with van der Waals surface area (Å²) in [6, 6.07) is 15.7. The molecule has 28 heavy (non-hydrogen) atoms. The van der Waals surface area contributed by atoms with Crippen molar-refractivity contribution in [1.29, 1.82) is 0 Å². The lowest BCUT2D eigenvalue weighted by Crippen LogP contribution is -2.47. The van der Waals surface area contributed by atoms with Crippen LogP contribution in [0.25, 0.3) is 0 Å². The zero-order valence-electron chi connectivity index (χ0n) is 15.1. The molecule has 3 aromatic rings. The fraction of sp³-hybridized carbons (Fsp3) is 0.286. The van der Waals surface area contributed by atoms with E-state index in [1.165, 1.54) is 0 Å². The van der Waals surface area contributed by atoms with Gasteiger partial charge in [0.05, 0.1) is 32.7 Å². The number of hydrogen-bond acceptors (Lipinski definition) is 4.